The molecule has 4 heteroatoms. The maximum atomic E-state index is 12.8. The van der Waals surface area contributed by atoms with Gasteiger partial charge in [-0.05, 0) is 30.7 Å². The van der Waals surface area contributed by atoms with E-state index in [0.717, 1.165) is 18.7 Å². The lowest BCUT2D eigenvalue weighted by atomic mass is 9.89. The molecule has 0 fully saturated rings. The van der Waals surface area contributed by atoms with Crippen molar-refractivity contribution in [2.24, 2.45) is 11.1 Å². The highest BCUT2D eigenvalue weighted by Gasteiger charge is 2.21. The van der Waals surface area contributed by atoms with Crippen LogP contribution in [0.1, 0.15) is 20.3 Å². The van der Waals surface area contributed by atoms with E-state index < -0.39 is 0 Å². The Morgan fingerprint density at radius 1 is 1.35 bits per heavy atom. The van der Waals surface area contributed by atoms with Crippen LogP contribution in [0.4, 0.5) is 10.1 Å². The maximum Gasteiger partial charge on any atom is 0.123 e. The molecule has 0 aliphatic heterocycles. The fourth-order valence-corrected chi connectivity index (χ4v) is 1.50. The molecule has 0 aromatic heterocycles. The first-order valence-electron chi connectivity index (χ1n) is 5.59. The maximum absolute atomic E-state index is 12.8. The average molecular weight is 254 g/mol. The molecule has 0 atom stereocenters. The zero-order valence-corrected chi connectivity index (χ0v) is 11.4. The summed E-state index contributed by atoms with van der Waals surface area (Å²) in [5, 5.41) is 0. The Morgan fingerprint density at radius 2 is 1.88 bits per heavy atom. The molecule has 0 heterocycles. The fraction of sp³-hybridized carbons (Fsp3) is 0.462. The number of nitrogens with zero attached hydrogens (tertiary/aromatic N) is 1. The quantitative estimate of drug-likeness (QED) is 0.819. The van der Waals surface area contributed by atoms with Crippen LogP contribution in [0.3, 0.4) is 0 Å². The highest BCUT2D eigenvalue weighted by atomic mass is 32.1. The van der Waals surface area contributed by atoms with E-state index in [0.29, 0.717) is 4.99 Å². The second kappa shape index (κ2) is 5.45. The number of thiocarbonyl (C=S) groups is 1. The van der Waals surface area contributed by atoms with Gasteiger partial charge in [-0.25, -0.2) is 4.39 Å². The molecule has 0 amide bonds. The number of anilines is 1. The van der Waals surface area contributed by atoms with E-state index in [-0.39, 0.29) is 11.2 Å². The van der Waals surface area contributed by atoms with Crippen LogP contribution in [0.2, 0.25) is 0 Å². The zero-order valence-electron chi connectivity index (χ0n) is 10.5. The minimum Gasteiger partial charge on any atom is -0.393 e. The van der Waals surface area contributed by atoms with E-state index in [1.165, 1.54) is 12.1 Å². The molecular formula is C13H19FN2S. The first kappa shape index (κ1) is 13.9. The third kappa shape index (κ3) is 3.97. The summed E-state index contributed by atoms with van der Waals surface area (Å²) in [5.74, 6) is -0.217. The van der Waals surface area contributed by atoms with Crippen molar-refractivity contribution in [3.8, 4) is 0 Å². The lowest BCUT2D eigenvalue weighted by Gasteiger charge is -2.27. The van der Waals surface area contributed by atoms with Gasteiger partial charge in [-0.2, -0.15) is 0 Å². The normalized spacial score (nSPS) is 11.3. The van der Waals surface area contributed by atoms with Crippen LogP contribution < -0.4 is 10.6 Å². The van der Waals surface area contributed by atoms with E-state index in [4.69, 9.17) is 18.0 Å². The van der Waals surface area contributed by atoms with Gasteiger partial charge >= 0.3 is 0 Å². The van der Waals surface area contributed by atoms with Crippen LogP contribution in [-0.2, 0) is 0 Å². The van der Waals surface area contributed by atoms with Crippen molar-refractivity contribution < 1.29 is 4.39 Å². The average Bonchev–Trinajstić information content (AvgIpc) is 2.27. The third-order valence-electron chi connectivity index (χ3n) is 3.01. The number of halogens is 1. The highest BCUT2D eigenvalue weighted by molar-refractivity contribution is 7.80. The van der Waals surface area contributed by atoms with Gasteiger partial charge in [0.25, 0.3) is 0 Å². The number of hydrogen-bond donors (Lipinski definition) is 1. The number of hydrogen-bond acceptors (Lipinski definition) is 2. The van der Waals surface area contributed by atoms with Crippen LogP contribution in [0.15, 0.2) is 24.3 Å². The van der Waals surface area contributed by atoms with Crippen molar-refractivity contribution in [2.75, 3.05) is 18.5 Å². The monoisotopic (exact) mass is 254 g/mol. The molecule has 1 aromatic carbocycles. The van der Waals surface area contributed by atoms with E-state index in [1.807, 2.05) is 20.9 Å². The summed E-state index contributed by atoms with van der Waals surface area (Å²) in [6.45, 7) is 4.90. The van der Waals surface area contributed by atoms with E-state index in [9.17, 15) is 4.39 Å². The Hall–Kier alpha value is -1.16. The lowest BCUT2D eigenvalue weighted by molar-refractivity contribution is 0.481. The fourth-order valence-electron chi connectivity index (χ4n) is 1.40. The van der Waals surface area contributed by atoms with Gasteiger partial charge in [-0.3, -0.25) is 0 Å². The summed E-state index contributed by atoms with van der Waals surface area (Å²) in [5.41, 5.74) is 6.52. The van der Waals surface area contributed by atoms with Gasteiger partial charge in [0.05, 0.1) is 4.99 Å². The van der Waals surface area contributed by atoms with Gasteiger partial charge in [0.1, 0.15) is 5.82 Å². The predicted molar refractivity (Wildman–Crippen MR) is 74.9 cm³/mol. The van der Waals surface area contributed by atoms with Crippen LogP contribution in [-0.4, -0.2) is 18.6 Å². The molecule has 2 nitrogen and oxygen atoms in total. The SMILES string of the molecule is CN(CCC(C)(C)C(N)=S)c1ccc(F)cc1. The van der Waals surface area contributed by atoms with Crippen LogP contribution in [0.25, 0.3) is 0 Å². The van der Waals surface area contributed by atoms with Gasteiger partial charge < -0.3 is 10.6 Å². The van der Waals surface area contributed by atoms with Crippen LogP contribution >= 0.6 is 12.2 Å². The standard InChI is InChI=1S/C13H19FN2S/c1-13(2,12(15)17)8-9-16(3)11-6-4-10(14)5-7-11/h4-7H,8-9H2,1-3H3,(H2,15,17). The van der Waals surface area contributed by atoms with Gasteiger partial charge in [-0.15, -0.1) is 0 Å². The van der Waals surface area contributed by atoms with Crippen molar-refractivity contribution in [1.82, 2.24) is 0 Å². The smallest absolute Gasteiger partial charge is 0.123 e. The van der Waals surface area contributed by atoms with Crippen molar-refractivity contribution >= 4 is 22.9 Å². The summed E-state index contributed by atoms with van der Waals surface area (Å²) < 4.78 is 12.8. The van der Waals surface area contributed by atoms with Gasteiger partial charge in [0.2, 0.25) is 0 Å². The Kier molecular flexibility index (Phi) is 4.46. The van der Waals surface area contributed by atoms with Crippen molar-refractivity contribution in [3.63, 3.8) is 0 Å². The Labute approximate surface area is 108 Å². The number of benzene rings is 1. The first-order chi connectivity index (χ1) is 7.83. The molecule has 0 bridgehead atoms. The minimum atomic E-state index is -0.217. The molecule has 0 aliphatic rings. The molecule has 17 heavy (non-hydrogen) atoms. The van der Waals surface area contributed by atoms with Crippen LogP contribution in [0.5, 0.6) is 0 Å². The Bertz CT molecular complexity index is 387. The molecule has 1 aromatic rings. The van der Waals surface area contributed by atoms with Crippen molar-refractivity contribution in [2.45, 2.75) is 20.3 Å². The molecule has 1 rings (SSSR count). The van der Waals surface area contributed by atoms with E-state index in [2.05, 4.69) is 4.90 Å². The Balaban J connectivity index is 2.58. The first-order valence-corrected chi connectivity index (χ1v) is 6.00. The molecule has 0 spiro atoms. The van der Waals surface area contributed by atoms with E-state index in [1.54, 1.807) is 12.1 Å². The predicted octanol–water partition coefficient (Wildman–Crippen LogP) is 2.96. The molecule has 2 N–H and O–H groups in total. The van der Waals surface area contributed by atoms with Gasteiger partial charge in [-0.1, -0.05) is 26.1 Å². The lowest BCUT2D eigenvalue weighted by Crippen LogP contribution is -2.33. The van der Waals surface area contributed by atoms with Gasteiger partial charge in [0.15, 0.2) is 0 Å². The number of rotatable bonds is 5. The van der Waals surface area contributed by atoms with Crippen molar-refractivity contribution in [3.05, 3.63) is 30.1 Å². The summed E-state index contributed by atoms with van der Waals surface area (Å²) in [4.78, 5) is 2.60. The van der Waals surface area contributed by atoms with Crippen molar-refractivity contribution in [1.29, 1.82) is 0 Å². The molecule has 0 unspecified atom stereocenters. The van der Waals surface area contributed by atoms with E-state index >= 15 is 0 Å². The largest absolute Gasteiger partial charge is 0.393 e. The summed E-state index contributed by atoms with van der Waals surface area (Å²) in [7, 11) is 1.98. The topological polar surface area (TPSA) is 29.3 Å². The third-order valence-corrected chi connectivity index (χ3v) is 3.56. The second-order valence-corrected chi connectivity index (χ2v) is 5.34. The molecule has 0 aliphatic carbocycles. The second-order valence-electron chi connectivity index (χ2n) is 4.90. The summed E-state index contributed by atoms with van der Waals surface area (Å²) in [6, 6.07) is 6.46. The number of nitrogens with two attached hydrogens (primary N) is 1. The molecule has 94 valence electrons. The summed E-state index contributed by atoms with van der Waals surface area (Å²) in [6.07, 6.45) is 0.871. The molecule has 0 saturated carbocycles. The highest BCUT2D eigenvalue weighted by Crippen LogP contribution is 2.22. The zero-order chi connectivity index (χ0) is 13.1. The minimum absolute atomic E-state index is 0.149. The summed E-state index contributed by atoms with van der Waals surface area (Å²) >= 11 is 5.03. The molecular weight excluding hydrogens is 235 g/mol. The van der Waals surface area contributed by atoms with Crippen LogP contribution in [0, 0.1) is 11.2 Å². The molecule has 0 radical (unpaired) electrons. The van der Waals surface area contributed by atoms with Gasteiger partial charge in [0, 0.05) is 24.7 Å². The molecule has 0 saturated heterocycles. The Morgan fingerprint density at radius 3 is 2.35 bits per heavy atom.